The Bertz CT molecular complexity index is 509. The second-order valence-electron chi connectivity index (χ2n) is 3.68. The molecule has 18 heavy (non-hydrogen) atoms. The molecular formula is C13H14N2O3. The number of rotatable bonds is 6. The zero-order chi connectivity index (χ0) is 12.8. The molecule has 1 aromatic heterocycles. The molecule has 0 aliphatic carbocycles. The molecule has 0 aliphatic rings. The number of benzene rings is 1. The van der Waals surface area contributed by atoms with Crippen LogP contribution in [0.25, 0.3) is 0 Å². The number of hydrogen-bond donors (Lipinski definition) is 0. The summed E-state index contributed by atoms with van der Waals surface area (Å²) in [4.78, 5) is 14.6. The summed E-state index contributed by atoms with van der Waals surface area (Å²) >= 11 is 0. The normalized spacial score (nSPS) is 10.1. The van der Waals surface area contributed by atoms with Crippen molar-refractivity contribution in [2.75, 3.05) is 13.7 Å². The van der Waals surface area contributed by atoms with E-state index in [0.717, 1.165) is 6.29 Å². The molecule has 0 aliphatic heterocycles. The third kappa shape index (κ3) is 2.88. The highest BCUT2D eigenvalue weighted by Gasteiger charge is 2.05. The van der Waals surface area contributed by atoms with Crippen LogP contribution < -0.4 is 9.47 Å². The molecule has 0 radical (unpaired) electrons. The van der Waals surface area contributed by atoms with Gasteiger partial charge in [-0.1, -0.05) is 0 Å². The van der Waals surface area contributed by atoms with Crippen molar-refractivity contribution >= 4 is 6.29 Å². The Labute approximate surface area is 105 Å². The minimum absolute atomic E-state index is 0.507. The molecule has 0 fully saturated rings. The summed E-state index contributed by atoms with van der Waals surface area (Å²) in [5.41, 5.74) is 0.564. The number of carbonyl (C=O) groups excluding carboxylic acids is 1. The van der Waals surface area contributed by atoms with E-state index in [1.807, 2.05) is 10.8 Å². The summed E-state index contributed by atoms with van der Waals surface area (Å²) in [6.45, 7) is 1.21. The first kappa shape index (κ1) is 12.2. The molecule has 5 nitrogen and oxygen atoms in total. The second-order valence-corrected chi connectivity index (χ2v) is 3.68. The Kier molecular flexibility index (Phi) is 3.96. The molecule has 0 atom stereocenters. The van der Waals surface area contributed by atoms with Crippen molar-refractivity contribution in [3.8, 4) is 11.5 Å². The summed E-state index contributed by atoms with van der Waals surface area (Å²) in [7, 11) is 1.55. The first-order chi connectivity index (χ1) is 8.83. The molecule has 1 heterocycles. The Morgan fingerprint density at radius 2 is 2.28 bits per heavy atom. The third-order valence-corrected chi connectivity index (χ3v) is 2.49. The maximum absolute atomic E-state index is 10.6. The van der Waals surface area contributed by atoms with E-state index in [2.05, 4.69) is 4.98 Å². The third-order valence-electron chi connectivity index (χ3n) is 2.49. The average Bonchev–Trinajstić information content (AvgIpc) is 2.92. The van der Waals surface area contributed by atoms with Crippen LogP contribution in [0.4, 0.5) is 0 Å². The van der Waals surface area contributed by atoms with E-state index >= 15 is 0 Å². The Hall–Kier alpha value is -2.30. The molecule has 0 amide bonds. The summed E-state index contributed by atoms with van der Waals surface area (Å²) < 4.78 is 12.7. The van der Waals surface area contributed by atoms with Crippen LogP contribution in [-0.4, -0.2) is 29.6 Å². The van der Waals surface area contributed by atoms with E-state index in [1.54, 1.807) is 37.8 Å². The lowest BCUT2D eigenvalue weighted by molar-refractivity contribution is 0.112. The monoisotopic (exact) mass is 246 g/mol. The minimum Gasteiger partial charge on any atom is -0.493 e. The van der Waals surface area contributed by atoms with Crippen molar-refractivity contribution in [1.29, 1.82) is 0 Å². The van der Waals surface area contributed by atoms with Gasteiger partial charge in [-0.3, -0.25) is 4.79 Å². The lowest BCUT2D eigenvalue weighted by Gasteiger charge is -2.11. The highest BCUT2D eigenvalue weighted by atomic mass is 16.5. The van der Waals surface area contributed by atoms with Gasteiger partial charge in [0.2, 0.25) is 0 Å². The van der Waals surface area contributed by atoms with Crippen LogP contribution in [-0.2, 0) is 6.54 Å². The van der Waals surface area contributed by atoms with Crippen LogP contribution in [0.3, 0.4) is 0 Å². The minimum atomic E-state index is 0.507. The van der Waals surface area contributed by atoms with Gasteiger partial charge in [0, 0.05) is 18.0 Å². The van der Waals surface area contributed by atoms with Crippen molar-refractivity contribution in [1.82, 2.24) is 9.55 Å². The van der Waals surface area contributed by atoms with Crippen LogP contribution in [0, 0.1) is 0 Å². The molecule has 0 spiro atoms. The summed E-state index contributed by atoms with van der Waals surface area (Å²) in [5.74, 6) is 1.19. The van der Waals surface area contributed by atoms with Crippen molar-refractivity contribution in [2.24, 2.45) is 0 Å². The zero-order valence-corrected chi connectivity index (χ0v) is 10.1. The number of hydrogen-bond acceptors (Lipinski definition) is 4. The van der Waals surface area contributed by atoms with Gasteiger partial charge < -0.3 is 14.0 Å². The largest absolute Gasteiger partial charge is 0.493 e. The first-order valence-corrected chi connectivity index (χ1v) is 5.55. The SMILES string of the molecule is COc1cc(C=O)ccc1OCCn1ccnc1. The van der Waals surface area contributed by atoms with Gasteiger partial charge in [0.05, 0.1) is 20.0 Å². The lowest BCUT2D eigenvalue weighted by atomic mass is 10.2. The van der Waals surface area contributed by atoms with Crippen molar-refractivity contribution in [3.05, 3.63) is 42.5 Å². The summed E-state index contributed by atoms with van der Waals surface area (Å²) in [6.07, 6.45) is 6.10. The fourth-order valence-corrected chi connectivity index (χ4v) is 1.56. The van der Waals surface area contributed by atoms with Crippen LogP contribution >= 0.6 is 0 Å². The topological polar surface area (TPSA) is 53.4 Å². The summed E-state index contributed by atoms with van der Waals surface area (Å²) in [6, 6.07) is 5.08. The molecule has 5 heteroatoms. The quantitative estimate of drug-likeness (QED) is 0.729. The van der Waals surface area contributed by atoms with E-state index in [4.69, 9.17) is 9.47 Å². The highest BCUT2D eigenvalue weighted by Crippen LogP contribution is 2.27. The average molecular weight is 246 g/mol. The summed E-state index contributed by atoms with van der Waals surface area (Å²) in [5, 5.41) is 0. The van der Waals surface area contributed by atoms with Crippen LogP contribution in [0.15, 0.2) is 36.9 Å². The molecular weight excluding hydrogens is 232 g/mol. The van der Waals surface area contributed by atoms with Crippen LogP contribution in [0.2, 0.25) is 0 Å². The molecule has 0 unspecified atom stereocenters. The van der Waals surface area contributed by atoms with Gasteiger partial charge in [0.15, 0.2) is 11.5 Å². The number of carbonyl (C=O) groups is 1. The van der Waals surface area contributed by atoms with Crippen molar-refractivity contribution < 1.29 is 14.3 Å². The van der Waals surface area contributed by atoms with Gasteiger partial charge in [-0.05, 0) is 18.2 Å². The number of imidazole rings is 1. The van der Waals surface area contributed by atoms with E-state index in [0.29, 0.717) is 30.2 Å². The molecule has 0 bridgehead atoms. The number of aromatic nitrogens is 2. The van der Waals surface area contributed by atoms with E-state index in [9.17, 15) is 4.79 Å². The van der Waals surface area contributed by atoms with Gasteiger partial charge >= 0.3 is 0 Å². The standard InChI is InChI=1S/C13H14N2O3/c1-17-13-8-11(9-16)2-3-12(13)18-7-6-15-5-4-14-10-15/h2-5,8-10H,6-7H2,1H3. The molecule has 1 aromatic carbocycles. The van der Waals surface area contributed by atoms with E-state index in [1.165, 1.54) is 0 Å². The number of nitrogens with zero attached hydrogens (tertiary/aromatic N) is 2. The Morgan fingerprint density at radius 1 is 1.39 bits per heavy atom. The van der Waals surface area contributed by atoms with Gasteiger partial charge in [0.25, 0.3) is 0 Å². The molecule has 0 saturated heterocycles. The second kappa shape index (κ2) is 5.86. The van der Waals surface area contributed by atoms with Crippen LogP contribution in [0.1, 0.15) is 10.4 Å². The van der Waals surface area contributed by atoms with Crippen LogP contribution in [0.5, 0.6) is 11.5 Å². The molecule has 0 N–H and O–H groups in total. The number of methoxy groups -OCH3 is 1. The first-order valence-electron chi connectivity index (χ1n) is 5.55. The van der Waals surface area contributed by atoms with Crippen molar-refractivity contribution in [2.45, 2.75) is 6.54 Å². The maximum Gasteiger partial charge on any atom is 0.161 e. The highest BCUT2D eigenvalue weighted by molar-refractivity contribution is 5.76. The Morgan fingerprint density at radius 3 is 2.94 bits per heavy atom. The van der Waals surface area contributed by atoms with Gasteiger partial charge in [-0.2, -0.15) is 0 Å². The molecule has 2 aromatic rings. The van der Waals surface area contributed by atoms with E-state index in [-0.39, 0.29) is 0 Å². The fraction of sp³-hybridized carbons (Fsp3) is 0.231. The predicted molar refractivity (Wildman–Crippen MR) is 66.1 cm³/mol. The number of aldehydes is 1. The predicted octanol–water partition coefficient (Wildman–Crippen LogP) is 1.78. The molecule has 2 rings (SSSR count). The van der Waals surface area contributed by atoms with Gasteiger partial charge in [-0.15, -0.1) is 0 Å². The number of ether oxygens (including phenoxy) is 2. The maximum atomic E-state index is 10.6. The Balaban J connectivity index is 1.98. The lowest BCUT2D eigenvalue weighted by Crippen LogP contribution is -2.07. The molecule has 0 saturated carbocycles. The fourth-order valence-electron chi connectivity index (χ4n) is 1.56. The molecule has 94 valence electrons. The van der Waals surface area contributed by atoms with Gasteiger partial charge in [-0.25, -0.2) is 4.98 Å². The zero-order valence-electron chi connectivity index (χ0n) is 10.1. The smallest absolute Gasteiger partial charge is 0.161 e. The van der Waals surface area contributed by atoms with Crippen molar-refractivity contribution in [3.63, 3.8) is 0 Å². The van der Waals surface area contributed by atoms with Gasteiger partial charge in [0.1, 0.15) is 12.9 Å². The van der Waals surface area contributed by atoms with E-state index < -0.39 is 0 Å².